The van der Waals surface area contributed by atoms with Crippen LogP contribution < -0.4 is 4.74 Å². The van der Waals surface area contributed by atoms with Gasteiger partial charge in [0.05, 0.1) is 0 Å². The number of halogens is 5. The summed E-state index contributed by atoms with van der Waals surface area (Å²) in [7, 11) is 0. The van der Waals surface area contributed by atoms with E-state index in [1.54, 1.807) is 0 Å². The van der Waals surface area contributed by atoms with E-state index in [1.807, 2.05) is 0 Å². The summed E-state index contributed by atoms with van der Waals surface area (Å²) in [6.07, 6.45) is -10.9. The van der Waals surface area contributed by atoms with Gasteiger partial charge in [-0.15, -0.1) is 0 Å². The van der Waals surface area contributed by atoms with Crippen molar-refractivity contribution in [3.05, 3.63) is 36.8 Å². The molecule has 1 nitrogen and oxygen atoms in total. The quantitative estimate of drug-likeness (QED) is 0.732. The normalized spacial score (nSPS) is 12.6. The first-order chi connectivity index (χ1) is 7.26. The molecule has 0 fully saturated rings. The number of rotatable bonds is 3. The molecule has 0 spiro atoms. The molecule has 0 bridgehead atoms. The van der Waals surface area contributed by atoms with E-state index in [1.165, 1.54) is 12.1 Å². The summed E-state index contributed by atoms with van der Waals surface area (Å²) in [5, 5.41) is 0. The maximum atomic E-state index is 12.5. The van der Waals surface area contributed by atoms with E-state index in [-0.39, 0.29) is 6.42 Å². The monoisotopic (exact) mass is 238 g/mol. The van der Waals surface area contributed by atoms with Crippen LogP contribution in [-0.4, -0.2) is 12.3 Å². The summed E-state index contributed by atoms with van der Waals surface area (Å²) in [5.41, 5.74) is 0.399. The van der Waals surface area contributed by atoms with Crippen molar-refractivity contribution < 1.29 is 26.7 Å². The number of hydrogen-bond acceptors (Lipinski definition) is 1. The molecule has 0 saturated carbocycles. The highest BCUT2D eigenvalue weighted by molar-refractivity contribution is 5.29. The lowest BCUT2D eigenvalue weighted by molar-refractivity contribution is -0.360. The maximum absolute atomic E-state index is 12.5. The Hall–Kier alpha value is -1.33. The highest BCUT2D eigenvalue weighted by Gasteiger charge is 2.61. The Morgan fingerprint density at radius 2 is 1.75 bits per heavy atom. The van der Waals surface area contributed by atoms with E-state index in [0.717, 1.165) is 12.1 Å². The van der Waals surface area contributed by atoms with Gasteiger partial charge in [-0.2, -0.15) is 22.0 Å². The summed E-state index contributed by atoms with van der Waals surface area (Å²) < 4.78 is 63.9. The van der Waals surface area contributed by atoms with Gasteiger partial charge in [-0.1, -0.05) is 12.1 Å². The summed E-state index contributed by atoms with van der Waals surface area (Å²) in [4.78, 5) is 0. The van der Waals surface area contributed by atoms with Crippen LogP contribution in [0.2, 0.25) is 0 Å². The SMILES string of the molecule is [CH]Cc1cccc(OC(F)(F)C(F)(F)F)c1. The minimum Gasteiger partial charge on any atom is -0.426 e. The second-order valence-electron chi connectivity index (χ2n) is 2.97. The average Bonchev–Trinajstić information content (AvgIpc) is 2.15. The Bertz CT molecular complexity index is 358. The number of ether oxygens (including phenoxy) is 1. The fourth-order valence-corrected chi connectivity index (χ4v) is 0.942. The third kappa shape index (κ3) is 2.84. The fraction of sp³-hybridized carbons (Fsp3) is 0.300. The van der Waals surface area contributed by atoms with Gasteiger partial charge in [0, 0.05) is 0 Å². The molecular formula is C10H7F5O. The molecule has 88 valence electrons. The molecule has 1 aromatic rings. The van der Waals surface area contributed by atoms with E-state index >= 15 is 0 Å². The van der Waals surface area contributed by atoms with Crippen molar-refractivity contribution in [3.63, 3.8) is 0 Å². The van der Waals surface area contributed by atoms with Gasteiger partial charge in [-0.25, -0.2) is 0 Å². The second kappa shape index (κ2) is 4.27. The third-order valence-corrected chi connectivity index (χ3v) is 1.71. The van der Waals surface area contributed by atoms with Crippen molar-refractivity contribution in [2.24, 2.45) is 0 Å². The number of hydrogen-bond donors (Lipinski definition) is 0. The predicted molar refractivity (Wildman–Crippen MR) is 46.1 cm³/mol. The van der Waals surface area contributed by atoms with E-state index in [0.29, 0.717) is 5.56 Å². The topological polar surface area (TPSA) is 9.23 Å². The molecule has 0 aromatic heterocycles. The molecule has 1 aromatic carbocycles. The zero-order valence-corrected chi connectivity index (χ0v) is 7.89. The Morgan fingerprint density at radius 3 is 2.25 bits per heavy atom. The van der Waals surface area contributed by atoms with E-state index in [9.17, 15) is 22.0 Å². The minimum absolute atomic E-state index is 0.0226. The molecule has 1 rings (SSSR count). The second-order valence-corrected chi connectivity index (χ2v) is 2.97. The van der Waals surface area contributed by atoms with Gasteiger partial charge in [0.25, 0.3) is 0 Å². The molecule has 6 heteroatoms. The van der Waals surface area contributed by atoms with Crippen molar-refractivity contribution in [3.8, 4) is 5.75 Å². The van der Waals surface area contributed by atoms with Crippen LogP contribution in [0.15, 0.2) is 24.3 Å². The smallest absolute Gasteiger partial charge is 0.426 e. The number of alkyl halides is 5. The van der Waals surface area contributed by atoms with E-state index in [4.69, 9.17) is 6.92 Å². The number of benzene rings is 1. The van der Waals surface area contributed by atoms with Crippen molar-refractivity contribution in [1.82, 2.24) is 0 Å². The summed E-state index contributed by atoms with van der Waals surface area (Å²) in [6, 6.07) is 4.79. The molecule has 0 saturated heterocycles. The third-order valence-electron chi connectivity index (χ3n) is 1.71. The van der Waals surface area contributed by atoms with E-state index < -0.39 is 18.0 Å². The zero-order valence-electron chi connectivity index (χ0n) is 7.89. The van der Waals surface area contributed by atoms with Gasteiger partial charge in [0.1, 0.15) is 5.75 Å². The highest BCUT2D eigenvalue weighted by Crippen LogP contribution is 2.37. The predicted octanol–water partition coefficient (Wildman–Crippen LogP) is 3.47. The molecule has 0 heterocycles. The van der Waals surface area contributed by atoms with Crippen LogP contribution in [0.25, 0.3) is 0 Å². The fourth-order valence-electron chi connectivity index (χ4n) is 0.942. The maximum Gasteiger partial charge on any atom is 0.499 e. The molecule has 0 atom stereocenters. The molecule has 0 N–H and O–H groups in total. The van der Waals surface area contributed by atoms with Gasteiger partial charge >= 0.3 is 12.3 Å². The summed E-state index contributed by atoms with van der Waals surface area (Å²) >= 11 is 0. The lowest BCUT2D eigenvalue weighted by atomic mass is 10.2. The van der Waals surface area contributed by atoms with Crippen molar-refractivity contribution in [1.29, 1.82) is 0 Å². The highest BCUT2D eigenvalue weighted by atomic mass is 19.4. The van der Waals surface area contributed by atoms with Crippen LogP contribution in [0.4, 0.5) is 22.0 Å². The van der Waals surface area contributed by atoms with Crippen LogP contribution in [0.1, 0.15) is 5.56 Å². The van der Waals surface area contributed by atoms with Gasteiger partial charge in [-0.05, 0) is 31.0 Å². The lowest BCUT2D eigenvalue weighted by Crippen LogP contribution is -2.41. The van der Waals surface area contributed by atoms with Gasteiger partial charge in [0.15, 0.2) is 0 Å². The zero-order chi connectivity index (χ0) is 12.4. The van der Waals surface area contributed by atoms with Crippen molar-refractivity contribution in [2.45, 2.75) is 18.7 Å². The van der Waals surface area contributed by atoms with Gasteiger partial charge in [-0.3, -0.25) is 0 Å². The van der Waals surface area contributed by atoms with Crippen LogP contribution in [0, 0.1) is 6.92 Å². The van der Waals surface area contributed by atoms with Crippen LogP contribution in [0.5, 0.6) is 5.75 Å². The Labute approximate surface area is 88.8 Å². The average molecular weight is 238 g/mol. The van der Waals surface area contributed by atoms with Crippen LogP contribution in [-0.2, 0) is 6.42 Å². The molecular weight excluding hydrogens is 231 g/mol. The molecule has 0 aliphatic carbocycles. The first kappa shape index (κ1) is 12.7. The largest absolute Gasteiger partial charge is 0.499 e. The summed E-state index contributed by atoms with van der Waals surface area (Å²) in [6.45, 7) is 5.20. The molecule has 0 aliphatic heterocycles. The summed E-state index contributed by atoms with van der Waals surface area (Å²) in [5.74, 6) is -0.578. The molecule has 16 heavy (non-hydrogen) atoms. The van der Waals surface area contributed by atoms with Crippen molar-refractivity contribution >= 4 is 0 Å². The lowest BCUT2D eigenvalue weighted by Gasteiger charge is -2.20. The molecule has 2 radical (unpaired) electrons. The Kier molecular flexibility index (Phi) is 3.40. The molecule has 0 aliphatic rings. The Morgan fingerprint density at radius 1 is 1.12 bits per heavy atom. The van der Waals surface area contributed by atoms with Crippen LogP contribution >= 0.6 is 0 Å². The first-order valence-electron chi connectivity index (χ1n) is 4.19. The van der Waals surface area contributed by atoms with Crippen molar-refractivity contribution in [2.75, 3.05) is 0 Å². The minimum atomic E-state index is -5.74. The molecule has 0 unspecified atom stereocenters. The van der Waals surface area contributed by atoms with E-state index in [2.05, 4.69) is 4.74 Å². The van der Waals surface area contributed by atoms with Gasteiger partial charge in [0.2, 0.25) is 0 Å². The van der Waals surface area contributed by atoms with Gasteiger partial charge < -0.3 is 4.74 Å². The Balaban J connectivity index is 2.88. The van der Waals surface area contributed by atoms with Crippen LogP contribution in [0.3, 0.4) is 0 Å². The standard InChI is InChI=1S/C10H7F5O/c1-2-7-4-3-5-8(6-7)16-10(14,15)9(11,12)13/h1,3-6H,2H2. The molecule has 0 amide bonds. The first-order valence-corrected chi connectivity index (χ1v) is 4.19.